The average Bonchev–Trinajstić information content (AvgIpc) is 3.24. The highest BCUT2D eigenvalue weighted by Crippen LogP contribution is 2.47. The van der Waals surface area contributed by atoms with Gasteiger partial charge in [0, 0.05) is 5.56 Å². The second-order valence-electron chi connectivity index (χ2n) is 5.83. The molecule has 4 heteroatoms. The summed E-state index contributed by atoms with van der Waals surface area (Å²) < 4.78 is 0. The number of nitrogens with zero attached hydrogens (tertiary/aromatic N) is 1. The lowest BCUT2D eigenvalue weighted by Crippen LogP contribution is -2.32. The molecule has 2 aromatic rings. The van der Waals surface area contributed by atoms with Crippen molar-refractivity contribution in [1.29, 1.82) is 0 Å². The minimum atomic E-state index is -1.09. The molecule has 118 valence electrons. The van der Waals surface area contributed by atoms with Gasteiger partial charge in [0.2, 0.25) is 0 Å². The van der Waals surface area contributed by atoms with Gasteiger partial charge in [-0.1, -0.05) is 55.5 Å². The highest BCUT2D eigenvalue weighted by atomic mass is 16.4. The third kappa shape index (κ3) is 2.50. The summed E-state index contributed by atoms with van der Waals surface area (Å²) in [5.74, 6) is -1.14. The Bertz CT molecular complexity index is 714. The largest absolute Gasteiger partial charge is 0.479 e. The lowest BCUT2D eigenvalue weighted by Gasteiger charge is -2.10. The van der Waals surface area contributed by atoms with Crippen molar-refractivity contribution < 1.29 is 14.7 Å². The van der Waals surface area contributed by atoms with E-state index in [1.165, 1.54) is 4.90 Å². The highest BCUT2D eigenvalue weighted by molar-refractivity contribution is 6.02. The van der Waals surface area contributed by atoms with E-state index in [0.717, 1.165) is 5.56 Å². The monoisotopic (exact) mass is 309 g/mol. The van der Waals surface area contributed by atoms with Gasteiger partial charge in [0.05, 0.1) is 6.04 Å². The normalized spacial score (nSPS) is 22.7. The first-order valence-corrected chi connectivity index (χ1v) is 7.77. The van der Waals surface area contributed by atoms with Crippen molar-refractivity contribution in [3.63, 3.8) is 0 Å². The van der Waals surface area contributed by atoms with Crippen molar-refractivity contribution in [2.24, 2.45) is 0 Å². The maximum atomic E-state index is 12.7. The van der Waals surface area contributed by atoms with Gasteiger partial charge in [-0.2, -0.15) is 0 Å². The van der Waals surface area contributed by atoms with Crippen LogP contribution >= 0.6 is 0 Å². The van der Waals surface area contributed by atoms with Crippen LogP contribution in [0.4, 0.5) is 0 Å². The molecule has 1 amide bonds. The summed E-state index contributed by atoms with van der Waals surface area (Å²) in [6.07, 6.45) is 0.956. The number of benzene rings is 2. The zero-order valence-corrected chi connectivity index (χ0v) is 13.0. The molecule has 4 nitrogen and oxygen atoms in total. The predicted octanol–water partition coefficient (Wildman–Crippen LogP) is 2.99. The van der Waals surface area contributed by atoms with Crippen molar-refractivity contribution in [3.05, 3.63) is 71.8 Å². The third-order valence-corrected chi connectivity index (χ3v) is 4.65. The van der Waals surface area contributed by atoms with Gasteiger partial charge in [-0.3, -0.25) is 4.79 Å². The molecule has 23 heavy (non-hydrogen) atoms. The van der Waals surface area contributed by atoms with Crippen LogP contribution in [-0.4, -0.2) is 33.5 Å². The van der Waals surface area contributed by atoms with E-state index in [2.05, 4.69) is 0 Å². The summed E-state index contributed by atoms with van der Waals surface area (Å²) in [6, 6.07) is 18.3. The van der Waals surface area contributed by atoms with E-state index in [0.29, 0.717) is 18.4 Å². The number of carbonyl (C=O) groups excluding carboxylic acids is 1. The van der Waals surface area contributed by atoms with Crippen LogP contribution in [-0.2, 0) is 11.2 Å². The summed E-state index contributed by atoms with van der Waals surface area (Å²) >= 11 is 0. The molecule has 2 atom stereocenters. The third-order valence-electron chi connectivity index (χ3n) is 4.65. The Balaban J connectivity index is 1.90. The van der Waals surface area contributed by atoms with Crippen LogP contribution in [0.2, 0.25) is 0 Å². The molecule has 2 aromatic carbocycles. The molecule has 0 bridgehead atoms. The second-order valence-corrected chi connectivity index (χ2v) is 5.83. The van der Waals surface area contributed by atoms with Gasteiger partial charge in [0.25, 0.3) is 5.91 Å². The van der Waals surface area contributed by atoms with E-state index < -0.39 is 11.5 Å². The number of carboxylic acid groups (broad SMARTS) is 1. The zero-order valence-electron chi connectivity index (χ0n) is 13.0. The van der Waals surface area contributed by atoms with Crippen LogP contribution in [0, 0.1) is 0 Å². The van der Waals surface area contributed by atoms with Crippen LogP contribution in [0.3, 0.4) is 0 Å². The second kappa shape index (κ2) is 5.88. The molecule has 1 heterocycles. The quantitative estimate of drug-likeness (QED) is 0.864. The Morgan fingerprint density at radius 1 is 1.04 bits per heavy atom. The van der Waals surface area contributed by atoms with E-state index in [-0.39, 0.29) is 11.9 Å². The summed E-state index contributed by atoms with van der Waals surface area (Å²) in [5.41, 5.74) is 0.477. The maximum absolute atomic E-state index is 12.7. The molecule has 1 aliphatic heterocycles. The molecule has 0 spiro atoms. The first-order valence-electron chi connectivity index (χ1n) is 7.77. The first kappa shape index (κ1) is 15.3. The molecule has 1 N–H and O–H groups in total. The summed E-state index contributed by atoms with van der Waals surface area (Å²) in [5, 5.41) is 9.72. The van der Waals surface area contributed by atoms with Crippen molar-refractivity contribution >= 4 is 11.9 Å². The van der Waals surface area contributed by atoms with Crippen molar-refractivity contribution in [3.8, 4) is 0 Å². The average molecular weight is 309 g/mol. The number of hydrogen-bond donors (Lipinski definition) is 1. The lowest BCUT2D eigenvalue weighted by molar-refractivity contribution is -0.141. The number of carbonyl (C=O) groups is 2. The number of amides is 1. The van der Waals surface area contributed by atoms with Crippen LogP contribution in [0.15, 0.2) is 60.7 Å². The molecule has 1 saturated heterocycles. The molecule has 0 saturated carbocycles. The Hall–Kier alpha value is -2.62. The molecular weight excluding hydrogens is 290 g/mol. The summed E-state index contributed by atoms with van der Waals surface area (Å²) in [4.78, 5) is 26.1. The molecule has 3 rings (SSSR count). The Morgan fingerprint density at radius 3 is 2.13 bits per heavy atom. The summed E-state index contributed by atoms with van der Waals surface area (Å²) in [6.45, 7) is 1.82. The van der Waals surface area contributed by atoms with E-state index >= 15 is 0 Å². The Labute approximate surface area is 135 Å². The van der Waals surface area contributed by atoms with E-state index in [4.69, 9.17) is 0 Å². The van der Waals surface area contributed by atoms with Crippen LogP contribution < -0.4 is 0 Å². The minimum Gasteiger partial charge on any atom is -0.479 e. The van der Waals surface area contributed by atoms with Gasteiger partial charge < -0.3 is 10.0 Å². The van der Waals surface area contributed by atoms with Gasteiger partial charge >= 0.3 is 5.97 Å². The zero-order chi connectivity index (χ0) is 16.4. The van der Waals surface area contributed by atoms with Gasteiger partial charge in [0.15, 0.2) is 5.54 Å². The van der Waals surface area contributed by atoms with Gasteiger partial charge in [-0.05, 0) is 30.5 Å². The van der Waals surface area contributed by atoms with Crippen LogP contribution in [0.1, 0.15) is 29.3 Å². The molecule has 1 fully saturated rings. The number of hydrogen-bond acceptors (Lipinski definition) is 2. The SMILES string of the molecule is CC[C@@]1(C(=O)O)[C@H](Cc2ccccc2)N1C(=O)c1ccccc1. The van der Waals surface area contributed by atoms with E-state index in [9.17, 15) is 14.7 Å². The Morgan fingerprint density at radius 2 is 1.61 bits per heavy atom. The molecule has 1 aliphatic rings. The fraction of sp³-hybridized carbons (Fsp3) is 0.263. The Kier molecular flexibility index (Phi) is 3.90. The van der Waals surface area contributed by atoms with Gasteiger partial charge in [0.1, 0.15) is 0 Å². The van der Waals surface area contributed by atoms with Crippen molar-refractivity contribution in [2.45, 2.75) is 31.3 Å². The fourth-order valence-corrected chi connectivity index (χ4v) is 3.34. The van der Waals surface area contributed by atoms with Crippen molar-refractivity contribution in [1.82, 2.24) is 4.90 Å². The minimum absolute atomic E-state index is 0.212. The van der Waals surface area contributed by atoms with Crippen LogP contribution in [0.5, 0.6) is 0 Å². The smallest absolute Gasteiger partial charge is 0.331 e. The topological polar surface area (TPSA) is 57.4 Å². The van der Waals surface area contributed by atoms with E-state index in [1.54, 1.807) is 24.3 Å². The predicted molar refractivity (Wildman–Crippen MR) is 87.2 cm³/mol. The number of carboxylic acids is 1. The van der Waals surface area contributed by atoms with Gasteiger partial charge in [-0.15, -0.1) is 0 Å². The molecule has 0 aliphatic carbocycles. The molecular formula is C19H19NO3. The summed E-state index contributed by atoms with van der Waals surface area (Å²) in [7, 11) is 0. The van der Waals surface area contributed by atoms with Crippen molar-refractivity contribution in [2.75, 3.05) is 0 Å². The van der Waals surface area contributed by atoms with E-state index in [1.807, 2.05) is 43.3 Å². The van der Waals surface area contributed by atoms with Gasteiger partial charge in [-0.25, -0.2) is 4.79 Å². The standard InChI is InChI=1S/C19H19NO3/c1-2-19(18(22)23)16(13-14-9-5-3-6-10-14)20(19)17(21)15-11-7-4-8-12-15/h3-12,16H,2,13H2,1H3,(H,22,23)/t16-,19-,20?/m0/s1. The molecule has 0 unspecified atom stereocenters. The first-order chi connectivity index (χ1) is 11.1. The number of aliphatic carboxylic acids is 1. The molecule has 0 aromatic heterocycles. The fourth-order valence-electron chi connectivity index (χ4n) is 3.34. The highest BCUT2D eigenvalue weighted by Gasteiger charge is 2.69. The maximum Gasteiger partial charge on any atom is 0.331 e. The molecule has 0 radical (unpaired) electrons. The lowest BCUT2D eigenvalue weighted by atomic mass is 9.97. The number of rotatable bonds is 5. The van der Waals surface area contributed by atoms with Crippen LogP contribution in [0.25, 0.3) is 0 Å².